The third-order valence-electron chi connectivity index (χ3n) is 7.48. The van der Waals surface area contributed by atoms with Crippen LogP contribution >= 0.6 is 0 Å². The molecule has 0 aliphatic heterocycles. The zero-order valence-electron chi connectivity index (χ0n) is 10.7. The van der Waals surface area contributed by atoms with Crippen molar-refractivity contribution < 1.29 is 4.79 Å². The Bertz CT molecular complexity index is 400. The van der Waals surface area contributed by atoms with Crippen LogP contribution in [0.5, 0.6) is 0 Å². The molecule has 0 aromatic rings. The van der Waals surface area contributed by atoms with Crippen molar-refractivity contribution in [1.29, 1.82) is 0 Å². The van der Waals surface area contributed by atoms with Crippen LogP contribution in [0.2, 0.25) is 0 Å². The lowest BCUT2D eigenvalue weighted by Gasteiger charge is -2.58. The summed E-state index contributed by atoms with van der Waals surface area (Å²) in [5.41, 5.74) is 1.03. The zero-order chi connectivity index (χ0) is 11.3. The van der Waals surface area contributed by atoms with Crippen LogP contribution in [0.1, 0.15) is 52.9 Å². The maximum atomic E-state index is 12.5. The molecule has 16 heavy (non-hydrogen) atoms. The molecule has 5 fully saturated rings. The van der Waals surface area contributed by atoms with E-state index >= 15 is 0 Å². The summed E-state index contributed by atoms with van der Waals surface area (Å²) in [5.74, 6) is 3.26. The quantitative estimate of drug-likeness (QED) is 0.609. The van der Waals surface area contributed by atoms with E-state index in [1.165, 1.54) is 19.3 Å². The first-order chi connectivity index (χ1) is 7.44. The molecular formula is C15H22O. The van der Waals surface area contributed by atoms with E-state index in [4.69, 9.17) is 0 Å². The van der Waals surface area contributed by atoms with Gasteiger partial charge in [-0.15, -0.1) is 0 Å². The average Bonchev–Trinajstić information content (AvgIpc) is 2.66. The highest BCUT2D eigenvalue weighted by atomic mass is 16.1. The van der Waals surface area contributed by atoms with Crippen LogP contribution in [0, 0.1) is 34.0 Å². The van der Waals surface area contributed by atoms with Crippen LogP contribution in [-0.4, -0.2) is 5.78 Å². The molecule has 6 atom stereocenters. The predicted molar refractivity (Wildman–Crippen MR) is 62.9 cm³/mol. The number of hydrogen-bond donors (Lipinski definition) is 0. The van der Waals surface area contributed by atoms with E-state index in [2.05, 4.69) is 20.8 Å². The predicted octanol–water partition coefficient (Wildman–Crippen LogP) is 3.43. The van der Waals surface area contributed by atoms with Crippen LogP contribution in [-0.2, 0) is 4.79 Å². The average molecular weight is 218 g/mol. The van der Waals surface area contributed by atoms with Gasteiger partial charge in [0.2, 0.25) is 0 Å². The molecule has 1 heteroatoms. The standard InChI is InChI=1S/C15H22O/c1-9-4-5-12(16)15-7-11-10(6-14(9,15)3)13(11,2)8-15/h9-11H,4-8H2,1-3H3. The summed E-state index contributed by atoms with van der Waals surface area (Å²) in [6.45, 7) is 7.28. The molecule has 0 radical (unpaired) electrons. The SMILES string of the molecule is CC1CCC(=O)C23CC4C(CC12C)C4(C)C3. The van der Waals surface area contributed by atoms with Crippen molar-refractivity contribution in [3.05, 3.63) is 0 Å². The van der Waals surface area contributed by atoms with Gasteiger partial charge in [0.15, 0.2) is 0 Å². The zero-order valence-corrected chi connectivity index (χ0v) is 10.7. The fourth-order valence-corrected chi connectivity index (χ4v) is 6.07. The Balaban J connectivity index is 1.87. The molecule has 0 amide bonds. The molecule has 5 aliphatic rings. The van der Waals surface area contributed by atoms with Crippen molar-refractivity contribution in [2.45, 2.75) is 52.9 Å². The Morgan fingerprint density at radius 3 is 2.50 bits per heavy atom. The number of Topliss-reactive ketones (excluding diaryl/α,β-unsaturated/α-hetero) is 1. The minimum atomic E-state index is 0.110. The van der Waals surface area contributed by atoms with Crippen molar-refractivity contribution in [2.75, 3.05) is 0 Å². The molecule has 4 bridgehead atoms. The van der Waals surface area contributed by atoms with Crippen molar-refractivity contribution in [3.63, 3.8) is 0 Å². The first-order valence-electron chi connectivity index (χ1n) is 6.97. The van der Waals surface area contributed by atoms with Gasteiger partial charge in [0.25, 0.3) is 0 Å². The molecule has 5 rings (SSSR count). The summed E-state index contributed by atoms with van der Waals surface area (Å²) in [6.07, 6.45) is 5.83. The van der Waals surface area contributed by atoms with E-state index in [9.17, 15) is 4.79 Å². The lowest BCUT2D eigenvalue weighted by atomic mass is 9.45. The van der Waals surface area contributed by atoms with Gasteiger partial charge in [-0.25, -0.2) is 0 Å². The van der Waals surface area contributed by atoms with Crippen molar-refractivity contribution >= 4 is 5.78 Å². The van der Waals surface area contributed by atoms with Gasteiger partial charge in [-0.2, -0.15) is 0 Å². The molecule has 0 N–H and O–H groups in total. The van der Waals surface area contributed by atoms with Crippen LogP contribution in [0.25, 0.3) is 0 Å². The molecule has 1 spiro atoms. The third-order valence-corrected chi connectivity index (χ3v) is 7.48. The molecule has 5 saturated carbocycles. The van der Waals surface area contributed by atoms with Gasteiger partial charge in [-0.1, -0.05) is 20.8 Å². The molecule has 0 aromatic carbocycles. The highest BCUT2D eigenvalue weighted by Crippen LogP contribution is 2.85. The lowest BCUT2D eigenvalue weighted by Crippen LogP contribution is -2.56. The summed E-state index contributed by atoms with van der Waals surface area (Å²) < 4.78 is 0. The molecular weight excluding hydrogens is 196 g/mol. The molecule has 0 heterocycles. The van der Waals surface area contributed by atoms with E-state index in [0.29, 0.717) is 16.6 Å². The largest absolute Gasteiger partial charge is 0.299 e. The minimum Gasteiger partial charge on any atom is -0.299 e. The Hall–Kier alpha value is -0.330. The summed E-state index contributed by atoms with van der Waals surface area (Å²) in [7, 11) is 0. The van der Waals surface area contributed by atoms with Gasteiger partial charge in [0.1, 0.15) is 5.78 Å². The van der Waals surface area contributed by atoms with Gasteiger partial charge < -0.3 is 0 Å². The van der Waals surface area contributed by atoms with Crippen LogP contribution < -0.4 is 0 Å². The summed E-state index contributed by atoms with van der Waals surface area (Å²) in [4.78, 5) is 12.5. The van der Waals surface area contributed by atoms with E-state index in [-0.39, 0.29) is 5.41 Å². The number of ketones is 1. The normalized spacial score (nSPS) is 66.7. The Morgan fingerprint density at radius 2 is 1.88 bits per heavy atom. The van der Waals surface area contributed by atoms with Crippen LogP contribution in [0.15, 0.2) is 0 Å². The highest BCUT2D eigenvalue weighted by molar-refractivity contribution is 5.88. The lowest BCUT2D eigenvalue weighted by molar-refractivity contribution is -0.158. The summed E-state index contributed by atoms with van der Waals surface area (Å²) in [5, 5.41) is 0. The Morgan fingerprint density at radius 1 is 1.19 bits per heavy atom. The topological polar surface area (TPSA) is 17.1 Å². The third kappa shape index (κ3) is 0.708. The molecule has 1 nitrogen and oxygen atoms in total. The van der Waals surface area contributed by atoms with Gasteiger partial charge >= 0.3 is 0 Å². The van der Waals surface area contributed by atoms with Gasteiger partial charge in [0.05, 0.1) is 0 Å². The summed E-state index contributed by atoms with van der Waals surface area (Å²) in [6, 6.07) is 0. The Labute approximate surface area is 98.0 Å². The first kappa shape index (κ1) is 9.67. The number of hydrogen-bond acceptors (Lipinski definition) is 1. The number of rotatable bonds is 0. The highest BCUT2D eigenvalue weighted by Gasteiger charge is 2.80. The van der Waals surface area contributed by atoms with Crippen LogP contribution in [0.3, 0.4) is 0 Å². The van der Waals surface area contributed by atoms with Gasteiger partial charge in [-0.05, 0) is 54.3 Å². The Kier molecular flexibility index (Phi) is 1.38. The van der Waals surface area contributed by atoms with E-state index in [1.54, 1.807) is 0 Å². The maximum Gasteiger partial charge on any atom is 0.139 e. The van der Waals surface area contributed by atoms with Gasteiger partial charge in [-0.3, -0.25) is 4.79 Å². The fourth-order valence-electron chi connectivity index (χ4n) is 6.07. The van der Waals surface area contributed by atoms with E-state index in [1.807, 2.05) is 0 Å². The second-order valence-corrected chi connectivity index (χ2v) is 7.67. The summed E-state index contributed by atoms with van der Waals surface area (Å²) >= 11 is 0. The molecule has 0 aromatic heterocycles. The van der Waals surface area contributed by atoms with E-state index in [0.717, 1.165) is 30.6 Å². The smallest absolute Gasteiger partial charge is 0.139 e. The molecule has 5 aliphatic carbocycles. The van der Waals surface area contributed by atoms with Crippen molar-refractivity contribution in [3.8, 4) is 0 Å². The monoisotopic (exact) mass is 218 g/mol. The van der Waals surface area contributed by atoms with Gasteiger partial charge in [0, 0.05) is 11.8 Å². The molecule has 88 valence electrons. The van der Waals surface area contributed by atoms with Crippen LogP contribution in [0.4, 0.5) is 0 Å². The number of carbonyl (C=O) groups excluding carboxylic acids is 1. The second kappa shape index (κ2) is 2.28. The van der Waals surface area contributed by atoms with Crippen molar-refractivity contribution in [2.24, 2.45) is 34.0 Å². The number of carbonyl (C=O) groups is 1. The maximum absolute atomic E-state index is 12.5. The first-order valence-corrected chi connectivity index (χ1v) is 6.97. The fraction of sp³-hybridized carbons (Fsp3) is 0.933. The molecule has 6 unspecified atom stereocenters. The minimum absolute atomic E-state index is 0.110. The second-order valence-electron chi connectivity index (χ2n) is 7.67. The van der Waals surface area contributed by atoms with Crippen molar-refractivity contribution in [1.82, 2.24) is 0 Å². The van der Waals surface area contributed by atoms with E-state index < -0.39 is 0 Å². The molecule has 0 saturated heterocycles.